The molecule has 2 rings (SSSR count). The summed E-state index contributed by atoms with van der Waals surface area (Å²) in [6, 6.07) is 19.5. The second kappa shape index (κ2) is 6.02. The fourth-order valence-electron chi connectivity index (χ4n) is 1.90. The highest BCUT2D eigenvalue weighted by Gasteiger charge is 2.07. The first-order valence-corrected chi connectivity index (χ1v) is 6.98. The topological polar surface area (TPSA) is 0 Å². The van der Waals surface area contributed by atoms with Crippen LogP contribution < -0.4 is 0 Å². The summed E-state index contributed by atoms with van der Waals surface area (Å²) in [5.74, 6) is 0. The van der Waals surface area contributed by atoms with Crippen LogP contribution in [0.4, 0.5) is 0 Å². The molecule has 0 amide bonds. The third-order valence-corrected chi connectivity index (χ3v) is 3.86. The number of alkyl halides is 1. The lowest BCUT2D eigenvalue weighted by Gasteiger charge is -2.11. The van der Waals surface area contributed by atoms with Gasteiger partial charge in [0.1, 0.15) is 0 Å². The van der Waals surface area contributed by atoms with Gasteiger partial charge < -0.3 is 0 Å². The van der Waals surface area contributed by atoms with Gasteiger partial charge in [0.05, 0.1) is 0 Å². The van der Waals surface area contributed by atoms with Crippen molar-refractivity contribution in [3.05, 3.63) is 71.3 Å². The summed E-state index contributed by atoms with van der Waals surface area (Å²) in [7, 11) is 0. The summed E-state index contributed by atoms with van der Waals surface area (Å²) in [6.45, 7) is 2.19. The van der Waals surface area contributed by atoms with Crippen LogP contribution in [0.2, 0.25) is 0 Å². The summed E-state index contributed by atoms with van der Waals surface area (Å²) in [5, 5.41) is 0. The Morgan fingerprint density at radius 2 is 1.53 bits per heavy atom. The molecule has 2 aromatic carbocycles. The number of rotatable bonds is 4. The van der Waals surface area contributed by atoms with Crippen molar-refractivity contribution in [2.75, 3.05) is 0 Å². The minimum atomic E-state index is 0.399. The summed E-state index contributed by atoms with van der Waals surface area (Å²) in [6.07, 6.45) is 2.14. The molecule has 0 N–H and O–H groups in total. The fraction of sp³-hybridized carbons (Fsp3) is 0.250. The van der Waals surface area contributed by atoms with Crippen LogP contribution in [0.15, 0.2) is 54.6 Å². The van der Waals surface area contributed by atoms with E-state index in [4.69, 9.17) is 0 Å². The van der Waals surface area contributed by atoms with Crippen LogP contribution in [0.5, 0.6) is 0 Å². The Morgan fingerprint density at radius 1 is 0.882 bits per heavy atom. The second-order valence-electron chi connectivity index (χ2n) is 4.25. The predicted octanol–water partition coefficient (Wildman–Crippen LogP) is 4.93. The Kier molecular flexibility index (Phi) is 4.38. The standard InChI is InChI=1S/C16H17Br/c1-2-13-8-10-15(11-9-13)16(17)12-14-6-4-3-5-7-14/h3-11,16H,2,12H2,1H3. The Labute approximate surface area is 112 Å². The zero-order valence-electron chi connectivity index (χ0n) is 10.1. The van der Waals surface area contributed by atoms with Crippen molar-refractivity contribution in [1.29, 1.82) is 0 Å². The number of benzene rings is 2. The molecular weight excluding hydrogens is 272 g/mol. The van der Waals surface area contributed by atoms with E-state index in [1.165, 1.54) is 16.7 Å². The van der Waals surface area contributed by atoms with Gasteiger partial charge >= 0.3 is 0 Å². The first kappa shape index (κ1) is 12.4. The van der Waals surface area contributed by atoms with E-state index in [1.54, 1.807) is 0 Å². The molecule has 0 nitrogen and oxygen atoms in total. The molecule has 0 spiro atoms. The summed E-state index contributed by atoms with van der Waals surface area (Å²) in [4.78, 5) is 0.399. The van der Waals surface area contributed by atoms with E-state index in [0.717, 1.165) is 12.8 Å². The van der Waals surface area contributed by atoms with Gasteiger partial charge in [-0.15, -0.1) is 0 Å². The lowest BCUT2D eigenvalue weighted by molar-refractivity contribution is 0.946. The minimum Gasteiger partial charge on any atom is -0.0835 e. The molecule has 0 heterocycles. The first-order chi connectivity index (χ1) is 8.29. The van der Waals surface area contributed by atoms with Crippen molar-refractivity contribution in [3.8, 4) is 0 Å². The normalized spacial score (nSPS) is 12.4. The largest absolute Gasteiger partial charge is 0.0835 e. The molecule has 0 aromatic heterocycles. The molecule has 0 saturated carbocycles. The van der Waals surface area contributed by atoms with E-state index in [9.17, 15) is 0 Å². The maximum absolute atomic E-state index is 3.77. The van der Waals surface area contributed by atoms with Gasteiger partial charge in [-0.25, -0.2) is 0 Å². The average molecular weight is 289 g/mol. The highest BCUT2D eigenvalue weighted by molar-refractivity contribution is 9.09. The third-order valence-electron chi connectivity index (χ3n) is 3.01. The summed E-state index contributed by atoms with van der Waals surface area (Å²) in [5.41, 5.74) is 4.12. The van der Waals surface area contributed by atoms with Gasteiger partial charge in [0.25, 0.3) is 0 Å². The number of hydrogen-bond donors (Lipinski definition) is 0. The van der Waals surface area contributed by atoms with Crippen LogP contribution in [0.1, 0.15) is 28.4 Å². The van der Waals surface area contributed by atoms with Crippen molar-refractivity contribution >= 4 is 15.9 Å². The lowest BCUT2D eigenvalue weighted by Crippen LogP contribution is -1.95. The van der Waals surface area contributed by atoms with Crippen LogP contribution in [0.3, 0.4) is 0 Å². The lowest BCUT2D eigenvalue weighted by atomic mass is 10.0. The predicted molar refractivity (Wildman–Crippen MR) is 77.6 cm³/mol. The van der Waals surface area contributed by atoms with E-state index in [2.05, 4.69) is 77.5 Å². The SMILES string of the molecule is CCc1ccc(C(Br)Cc2ccccc2)cc1. The molecule has 1 heteroatoms. The van der Waals surface area contributed by atoms with Crippen molar-refractivity contribution < 1.29 is 0 Å². The molecule has 0 radical (unpaired) electrons. The van der Waals surface area contributed by atoms with Crippen molar-refractivity contribution in [2.24, 2.45) is 0 Å². The van der Waals surface area contributed by atoms with Gasteiger partial charge in [0, 0.05) is 4.83 Å². The zero-order valence-corrected chi connectivity index (χ0v) is 11.7. The van der Waals surface area contributed by atoms with Crippen LogP contribution in [0, 0.1) is 0 Å². The van der Waals surface area contributed by atoms with E-state index in [-0.39, 0.29) is 0 Å². The number of halogens is 1. The Balaban J connectivity index is 2.06. The number of hydrogen-bond acceptors (Lipinski definition) is 0. The van der Waals surface area contributed by atoms with E-state index < -0.39 is 0 Å². The zero-order chi connectivity index (χ0) is 12.1. The highest BCUT2D eigenvalue weighted by atomic mass is 79.9. The Bertz CT molecular complexity index is 445. The van der Waals surface area contributed by atoms with Gasteiger partial charge in [-0.1, -0.05) is 77.5 Å². The minimum absolute atomic E-state index is 0.399. The molecule has 0 aliphatic rings. The molecule has 0 saturated heterocycles. The number of aryl methyl sites for hydroxylation is 1. The van der Waals surface area contributed by atoms with Crippen LogP contribution in [-0.4, -0.2) is 0 Å². The molecule has 2 aromatic rings. The maximum Gasteiger partial charge on any atom is 0.0435 e. The van der Waals surface area contributed by atoms with Crippen molar-refractivity contribution in [3.63, 3.8) is 0 Å². The van der Waals surface area contributed by atoms with Crippen molar-refractivity contribution in [1.82, 2.24) is 0 Å². The van der Waals surface area contributed by atoms with Gasteiger partial charge in [0.15, 0.2) is 0 Å². The molecule has 0 bridgehead atoms. The maximum atomic E-state index is 3.77. The summed E-state index contributed by atoms with van der Waals surface area (Å²) >= 11 is 3.77. The molecule has 0 aliphatic carbocycles. The van der Waals surface area contributed by atoms with Gasteiger partial charge in [-0.3, -0.25) is 0 Å². The molecule has 1 atom stereocenters. The highest BCUT2D eigenvalue weighted by Crippen LogP contribution is 2.27. The van der Waals surface area contributed by atoms with E-state index >= 15 is 0 Å². The Hall–Kier alpha value is -1.08. The molecule has 17 heavy (non-hydrogen) atoms. The third kappa shape index (κ3) is 3.44. The van der Waals surface area contributed by atoms with Gasteiger partial charge in [0.2, 0.25) is 0 Å². The molecule has 0 fully saturated rings. The average Bonchev–Trinajstić information content (AvgIpc) is 2.40. The molecule has 1 unspecified atom stereocenters. The molecule has 0 aliphatic heterocycles. The van der Waals surface area contributed by atoms with Gasteiger partial charge in [-0.05, 0) is 29.5 Å². The van der Waals surface area contributed by atoms with Crippen LogP contribution in [-0.2, 0) is 12.8 Å². The van der Waals surface area contributed by atoms with Crippen molar-refractivity contribution in [2.45, 2.75) is 24.6 Å². The quantitative estimate of drug-likeness (QED) is 0.700. The first-order valence-electron chi connectivity index (χ1n) is 6.06. The van der Waals surface area contributed by atoms with Gasteiger partial charge in [-0.2, -0.15) is 0 Å². The van der Waals surface area contributed by atoms with Crippen LogP contribution >= 0.6 is 15.9 Å². The van der Waals surface area contributed by atoms with E-state index in [1.807, 2.05) is 0 Å². The Morgan fingerprint density at radius 3 is 2.12 bits per heavy atom. The summed E-state index contributed by atoms with van der Waals surface area (Å²) < 4.78 is 0. The fourth-order valence-corrected chi connectivity index (χ4v) is 2.58. The van der Waals surface area contributed by atoms with E-state index in [0.29, 0.717) is 4.83 Å². The van der Waals surface area contributed by atoms with Crippen LogP contribution in [0.25, 0.3) is 0 Å². The monoisotopic (exact) mass is 288 g/mol. The molecule has 88 valence electrons. The second-order valence-corrected chi connectivity index (χ2v) is 5.36. The smallest absolute Gasteiger partial charge is 0.0435 e. The molecular formula is C16H17Br.